The number of hydrogen-bond acceptors (Lipinski definition) is 8. The fraction of sp³-hybridized carbons (Fsp3) is 0.333. The van der Waals surface area contributed by atoms with Crippen LogP contribution in [0.4, 0.5) is 15.6 Å². The summed E-state index contributed by atoms with van der Waals surface area (Å²) in [6.07, 6.45) is 3.35. The number of aliphatic imine (C=N–C) groups is 1. The minimum Gasteiger partial charge on any atom is -0.492 e. The summed E-state index contributed by atoms with van der Waals surface area (Å²) in [5, 5.41) is 6.46. The Morgan fingerprint density at radius 2 is 2.09 bits per heavy atom. The molecule has 2 aromatic rings. The molecule has 1 fully saturated rings. The number of carbonyl (C=O) groups is 2. The van der Waals surface area contributed by atoms with E-state index in [1.165, 1.54) is 28.0 Å². The van der Waals surface area contributed by atoms with Crippen LogP contribution in [0.2, 0.25) is 0 Å². The van der Waals surface area contributed by atoms with Gasteiger partial charge in [0.25, 0.3) is 5.91 Å². The highest BCUT2D eigenvalue weighted by atomic mass is 32.2. The van der Waals surface area contributed by atoms with Crippen LogP contribution in [-0.2, 0) is 4.79 Å². The third kappa shape index (κ3) is 6.55. The molecule has 1 saturated heterocycles. The van der Waals surface area contributed by atoms with E-state index in [4.69, 9.17) is 4.74 Å². The number of nitrogens with one attached hydrogen (secondary N) is 2. The Labute approximate surface area is 195 Å². The van der Waals surface area contributed by atoms with Crippen molar-refractivity contribution < 1.29 is 14.3 Å². The Morgan fingerprint density at radius 3 is 2.78 bits per heavy atom. The Balaban J connectivity index is 1.66. The number of hydrogen-bond donors (Lipinski definition) is 2. The van der Waals surface area contributed by atoms with E-state index in [9.17, 15) is 9.59 Å². The van der Waals surface area contributed by atoms with Gasteiger partial charge in [-0.05, 0) is 62.6 Å². The second-order valence-electron chi connectivity index (χ2n) is 7.47. The topological polar surface area (TPSA) is 99.2 Å². The van der Waals surface area contributed by atoms with Gasteiger partial charge in [-0.1, -0.05) is 11.3 Å². The number of aryl methyl sites for hydroxylation is 1. The Hall–Kier alpha value is -2.89. The van der Waals surface area contributed by atoms with E-state index in [0.29, 0.717) is 21.8 Å². The molecule has 11 heteroatoms. The average Bonchev–Trinajstić information content (AvgIpc) is 3.30. The second kappa shape index (κ2) is 10.6. The summed E-state index contributed by atoms with van der Waals surface area (Å²) in [7, 11) is 7.31. The Bertz CT molecular complexity index is 1060. The van der Waals surface area contributed by atoms with Gasteiger partial charge in [0.2, 0.25) is 0 Å². The number of amidine groups is 1. The van der Waals surface area contributed by atoms with E-state index in [1.54, 1.807) is 26.4 Å². The molecular formula is C21H26N6O3S2. The number of urea groups is 1. The van der Waals surface area contributed by atoms with Gasteiger partial charge in [-0.2, -0.15) is 0 Å². The summed E-state index contributed by atoms with van der Waals surface area (Å²) in [6.45, 7) is 3.40. The van der Waals surface area contributed by atoms with Crippen LogP contribution in [0, 0.1) is 6.92 Å². The first-order valence-electron chi connectivity index (χ1n) is 9.83. The van der Waals surface area contributed by atoms with Gasteiger partial charge in [-0.15, -0.1) is 0 Å². The van der Waals surface area contributed by atoms with Gasteiger partial charge >= 0.3 is 6.03 Å². The van der Waals surface area contributed by atoms with E-state index < -0.39 is 0 Å². The van der Waals surface area contributed by atoms with Gasteiger partial charge < -0.3 is 19.9 Å². The van der Waals surface area contributed by atoms with Crippen molar-refractivity contribution in [1.82, 2.24) is 20.1 Å². The van der Waals surface area contributed by atoms with Gasteiger partial charge in [0.05, 0.1) is 15.5 Å². The molecule has 1 aromatic carbocycles. The number of carbonyl (C=O) groups excluding carboxylic acids is 2. The zero-order chi connectivity index (χ0) is 23.3. The summed E-state index contributed by atoms with van der Waals surface area (Å²) in [5.41, 5.74) is 1.72. The zero-order valence-electron chi connectivity index (χ0n) is 18.6. The molecule has 2 heterocycles. The fourth-order valence-electron chi connectivity index (χ4n) is 2.52. The number of rotatable bonds is 7. The van der Waals surface area contributed by atoms with Crippen LogP contribution in [-0.4, -0.2) is 73.2 Å². The summed E-state index contributed by atoms with van der Waals surface area (Å²) in [4.78, 5) is 37.6. The minimum atomic E-state index is -0.259. The average molecular weight is 475 g/mol. The van der Waals surface area contributed by atoms with E-state index in [1.807, 2.05) is 39.2 Å². The maximum atomic E-state index is 12.4. The summed E-state index contributed by atoms with van der Waals surface area (Å²) in [5.74, 6) is 0.571. The number of nitrogens with zero attached hydrogens (tertiary/aromatic N) is 4. The van der Waals surface area contributed by atoms with Crippen LogP contribution in [0.15, 0.2) is 34.3 Å². The number of aromatic nitrogens is 1. The van der Waals surface area contributed by atoms with E-state index >= 15 is 0 Å². The van der Waals surface area contributed by atoms with Gasteiger partial charge in [-0.3, -0.25) is 10.1 Å². The molecule has 0 unspecified atom stereocenters. The Morgan fingerprint density at radius 1 is 1.31 bits per heavy atom. The van der Waals surface area contributed by atoms with E-state index in [0.717, 1.165) is 28.4 Å². The monoisotopic (exact) mass is 474 g/mol. The normalized spacial score (nSPS) is 16.0. The third-order valence-electron chi connectivity index (χ3n) is 4.27. The molecular weight excluding hydrogens is 448 g/mol. The molecule has 9 nitrogen and oxygen atoms in total. The predicted molar refractivity (Wildman–Crippen MR) is 131 cm³/mol. The summed E-state index contributed by atoms with van der Waals surface area (Å²) < 4.78 is 5.75. The standard InChI is InChI=1S/C21H26N6O3S2/c1-13-10-14(30-9-8-26(2)3)6-7-16(13)23-20-24-18(28)17(32-20)11-15-12-22-19(31-15)25-21(29)27(4)5/h6-7,10-12H,8-9H2,1-5H3,(H,22,25,29)(H,23,24,28)/b17-11-. The lowest BCUT2D eigenvalue weighted by molar-refractivity contribution is -0.115. The smallest absolute Gasteiger partial charge is 0.323 e. The van der Waals surface area contributed by atoms with Crippen molar-refractivity contribution in [3.63, 3.8) is 0 Å². The molecule has 1 aliphatic heterocycles. The molecule has 0 spiro atoms. The van der Waals surface area contributed by atoms with Crippen molar-refractivity contribution in [2.45, 2.75) is 6.92 Å². The molecule has 3 rings (SSSR count). The Kier molecular flexibility index (Phi) is 7.89. The molecule has 0 aliphatic carbocycles. The number of benzene rings is 1. The van der Waals surface area contributed by atoms with E-state index in [2.05, 4.69) is 25.5 Å². The highest BCUT2D eigenvalue weighted by Crippen LogP contribution is 2.31. The van der Waals surface area contributed by atoms with Crippen molar-refractivity contribution in [1.29, 1.82) is 0 Å². The van der Waals surface area contributed by atoms with Crippen molar-refractivity contribution in [3.8, 4) is 5.75 Å². The molecule has 0 bridgehead atoms. The maximum absolute atomic E-state index is 12.4. The summed E-state index contributed by atoms with van der Waals surface area (Å²) >= 11 is 2.55. The summed E-state index contributed by atoms with van der Waals surface area (Å²) in [6, 6.07) is 5.44. The van der Waals surface area contributed by atoms with Gasteiger partial charge in [-0.25, -0.2) is 14.8 Å². The predicted octanol–water partition coefficient (Wildman–Crippen LogP) is 3.38. The SMILES string of the molecule is Cc1cc(OCCN(C)C)ccc1/N=C1/NC(=O)/C(=C/c2cnc(NC(=O)N(C)C)s2)S1. The first kappa shape index (κ1) is 23.8. The molecule has 170 valence electrons. The molecule has 0 atom stereocenters. The van der Waals surface area contributed by atoms with Gasteiger partial charge in [0.1, 0.15) is 12.4 Å². The second-order valence-corrected chi connectivity index (χ2v) is 9.57. The lowest BCUT2D eigenvalue weighted by Gasteiger charge is -2.12. The molecule has 1 aromatic heterocycles. The quantitative estimate of drug-likeness (QED) is 0.597. The van der Waals surface area contributed by atoms with Crippen molar-refractivity contribution >= 4 is 57.1 Å². The maximum Gasteiger partial charge on any atom is 0.323 e. The molecule has 2 N–H and O–H groups in total. The van der Waals surface area contributed by atoms with Gasteiger partial charge in [0, 0.05) is 26.8 Å². The van der Waals surface area contributed by atoms with E-state index in [-0.39, 0.29) is 11.9 Å². The number of thiazole rings is 1. The number of amides is 3. The van der Waals surface area contributed by atoms with Crippen LogP contribution in [0.25, 0.3) is 6.08 Å². The molecule has 3 amide bonds. The third-order valence-corrected chi connectivity index (χ3v) is 6.03. The van der Waals surface area contributed by atoms with Gasteiger partial charge in [0.15, 0.2) is 10.3 Å². The van der Waals surface area contributed by atoms with Crippen LogP contribution in [0.3, 0.4) is 0 Å². The highest BCUT2D eigenvalue weighted by Gasteiger charge is 2.24. The van der Waals surface area contributed by atoms with Crippen molar-refractivity contribution in [3.05, 3.63) is 39.7 Å². The zero-order valence-corrected chi connectivity index (χ0v) is 20.3. The van der Waals surface area contributed by atoms with Crippen molar-refractivity contribution in [2.75, 3.05) is 46.7 Å². The van der Waals surface area contributed by atoms with Crippen LogP contribution in [0.1, 0.15) is 10.4 Å². The molecule has 0 saturated carbocycles. The number of thioether (sulfide) groups is 1. The molecule has 32 heavy (non-hydrogen) atoms. The lowest BCUT2D eigenvalue weighted by Crippen LogP contribution is -2.27. The highest BCUT2D eigenvalue weighted by molar-refractivity contribution is 8.18. The molecule has 0 radical (unpaired) electrons. The number of anilines is 1. The van der Waals surface area contributed by atoms with Crippen LogP contribution >= 0.6 is 23.1 Å². The van der Waals surface area contributed by atoms with Crippen LogP contribution in [0.5, 0.6) is 5.75 Å². The fourth-order valence-corrected chi connectivity index (χ4v) is 4.17. The number of ether oxygens (including phenoxy) is 1. The van der Waals surface area contributed by atoms with Crippen molar-refractivity contribution in [2.24, 2.45) is 4.99 Å². The number of likely N-dealkylation sites (N-methyl/N-ethyl adjacent to an activating group) is 1. The first-order chi connectivity index (χ1) is 15.2. The largest absolute Gasteiger partial charge is 0.492 e. The van der Waals surface area contributed by atoms with Crippen LogP contribution < -0.4 is 15.4 Å². The lowest BCUT2D eigenvalue weighted by atomic mass is 10.2. The first-order valence-corrected chi connectivity index (χ1v) is 11.5. The minimum absolute atomic E-state index is 0.220. The molecule has 1 aliphatic rings.